The third-order valence-corrected chi connectivity index (χ3v) is 3.33. The van der Waals surface area contributed by atoms with Gasteiger partial charge in [-0.1, -0.05) is 18.2 Å². The van der Waals surface area contributed by atoms with Gasteiger partial charge in [0.2, 0.25) is 0 Å². The van der Waals surface area contributed by atoms with Crippen molar-refractivity contribution in [2.45, 2.75) is 6.92 Å². The van der Waals surface area contributed by atoms with E-state index < -0.39 is 0 Å². The van der Waals surface area contributed by atoms with Crippen LogP contribution in [0, 0.1) is 18.3 Å². The molecule has 0 aliphatic rings. The highest BCUT2D eigenvalue weighted by Gasteiger charge is 2.16. The molecule has 0 saturated carbocycles. The summed E-state index contributed by atoms with van der Waals surface area (Å²) in [4.78, 5) is 0.625. The van der Waals surface area contributed by atoms with Crippen LogP contribution in [0.25, 0.3) is 16.7 Å². The number of hydrogen-bond donors (Lipinski definition) is 0. The fraction of sp³-hybridized carbons (Fsp3) is 0.0833. The van der Waals surface area contributed by atoms with Gasteiger partial charge in [0, 0.05) is 0 Å². The van der Waals surface area contributed by atoms with Crippen LogP contribution in [0.15, 0.2) is 30.3 Å². The first-order valence-corrected chi connectivity index (χ1v) is 5.89. The monoisotopic (exact) mass is 240 g/mol. The first-order chi connectivity index (χ1) is 8.31. The van der Waals surface area contributed by atoms with Crippen LogP contribution in [0.3, 0.4) is 0 Å². The fourth-order valence-corrected chi connectivity index (χ4v) is 2.54. The Balaban J connectivity index is 2.33. The Morgan fingerprint density at radius 2 is 2.06 bits per heavy atom. The summed E-state index contributed by atoms with van der Waals surface area (Å²) in [5, 5.41) is 14.3. The molecule has 17 heavy (non-hydrogen) atoms. The quantitative estimate of drug-likeness (QED) is 0.657. The van der Waals surface area contributed by atoms with Crippen molar-refractivity contribution in [3.63, 3.8) is 0 Å². The average Bonchev–Trinajstić information content (AvgIpc) is 2.92. The van der Waals surface area contributed by atoms with Crippen LogP contribution < -0.4 is 0 Å². The van der Waals surface area contributed by atoms with E-state index in [1.165, 1.54) is 11.5 Å². The number of aryl methyl sites for hydroxylation is 1. The van der Waals surface area contributed by atoms with E-state index in [2.05, 4.69) is 15.5 Å². The Labute approximate surface area is 102 Å². The second-order valence-corrected chi connectivity index (χ2v) is 4.43. The van der Waals surface area contributed by atoms with E-state index in [1.54, 1.807) is 4.68 Å². The zero-order valence-electron chi connectivity index (χ0n) is 9.08. The molecule has 0 aliphatic heterocycles. The maximum absolute atomic E-state index is 9.01. The fourth-order valence-electron chi connectivity index (χ4n) is 1.83. The SMILES string of the molecule is Cc1nn(-c2ccccc2)c2nsc(C#N)c12. The van der Waals surface area contributed by atoms with Crippen LogP contribution in [-0.2, 0) is 0 Å². The van der Waals surface area contributed by atoms with Gasteiger partial charge in [-0.05, 0) is 30.6 Å². The number of aromatic nitrogens is 3. The van der Waals surface area contributed by atoms with Crippen molar-refractivity contribution < 1.29 is 0 Å². The summed E-state index contributed by atoms with van der Waals surface area (Å²) in [6.07, 6.45) is 0. The maximum Gasteiger partial charge on any atom is 0.177 e. The van der Waals surface area contributed by atoms with Gasteiger partial charge >= 0.3 is 0 Å². The minimum atomic E-state index is 0.625. The Hall–Kier alpha value is -2.19. The molecule has 3 rings (SSSR count). The number of nitriles is 1. The molecule has 0 spiro atoms. The first kappa shape index (κ1) is 10.00. The van der Waals surface area contributed by atoms with Gasteiger partial charge in [-0.3, -0.25) is 0 Å². The molecule has 0 aliphatic carbocycles. The lowest BCUT2D eigenvalue weighted by atomic mass is 10.3. The number of para-hydroxylation sites is 1. The highest BCUT2D eigenvalue weighted by Crippen LogP contribution is 2.26. The summed E-state index contributed by atoms with van der Waals surface area (Å²) >= 11 is 1.22. The van der Waals surface area contributed by atoms with Gasteiger partial charge < -0.3 is 0 Å². The van der Waals surface area contributed by atoms with E-state index in [4.69, 9.17) is 5.26 Å². The van der Waals surface area contributed by atoms with Crippen molar-refractivity contribution in [2.75, 3.05) is 0 Å². The summed E-state index contributed by atoms with van der Waals surface area (Å²) in [7, 11) is 0. The van der Waals surface area contributed by atoms with Crippen LogP contribution in [-0.4, -0.2) is 14.2 Å². The average molecular weight is 240 g/mol. The molecule has 0 amide bonds. The van der Waals surface area contributed by atoms with Gasteiger partial charge in [-0.2, -0.15) is 14.7 Å². The smallest absolute Gasteiger partial charge is 0.177 e. The minimum Gasteiger partial charge on any atom is -0.213 e. The lowest BCUT2D eigenvalue weighted by Gasteiger charge is -1.99. The van der Waals surface area contributed by atoms with Crippen LogP contribution in [0.1, 0.15) is 10.6 Å². The van der Waals surface area contributed by atoms with E-state index in [9.17, 15) is 0 Å². The molecular formula is C12H8N4S. The van der Waals surface area contributed by atoms with Gasteiger partial charge in [0.25, 0.3) is 0 Å². The summed E-state index contributed by atoms with van der Waals surface area (Å²) in [6, 6.07) is 12.0. The Morgan fingerprint density at radius 1 is 1.29 bits per heavy atom. The molecular weight excluding hydrogens is 232 g/mol. The molecule has 5 heteroatoms. The van der Waals surface area contributed by atoms with Crippen molar-refractivity contribution in [1.29, 1.82) is 5.26 Å². The molecule has 4 nitrogen and oxygen atoms in total. The number of rotatable bonds is 1. The molecule has 2 heterocycles. The van der Waals surface area contributed by atoms with Gasteiger partial charge in [0.1, 0.15) is 10.9 Å². The Morgan fingerprint density at radius 3 is 2.76 bits per heavy atom. The van der Waals surface area contributed by atoms with Crippen molar-refractivity contribution in [3.8, 4) is 11.8 Å². The number of hydrogen-bond acceptors (Lipinski definition) is 4. The number of nitrogens with zero attached hydrogens (tertiary/aromatic N) is 4. The standard InChI is InChI=1S/C12H8N4S/c1-8-11-10(7-13)17-15-12(11)16(14-8)9-5-3-2-4-6-9/h2-6H,1H3. The molecule has 0 atom stereocenters. The van der Waals surface area contributed by atoms with Gasteiger partial charge in [0.15, 0.2) is 5.65 Å². The zero-order chi connectivity index (χ0) is 11.8. The van der Waals surface area contributed by atoms with Crippen LogP contribution in [0.2, 0.25) is 0 Å². The van der Waals surface area contributed by atoms with E-state index in [1.807, 2.05) is 37.3 Å². The van der Waals surface area contributed by atoms with Gasteiger partial charge in [-0.25, -0.2) is 4.68 Å². The predicted molar refractivity (Wildman–Crippen MR) is 66.2 cm³/mol. The predicted octanol–water partition coefficient (Wildman–Crippen LogP) is 2.66. The van der Waals surface area contributed by atoms with E-state index >= 15 is 0 Å². The topological polar surface area (TPSA) is 54.5 Å². The summed E-state index contributed by atoms with van der Waals surface area (Å²) < 4.78 is 6.09. The molecule has 0 fully saturated rings. The zero-order valence-corrected chi connectivity index (χ0v) is 9.90. The number of benzene rings is 1. The van der Waals surface area contributed by atoms with Crippen molar-refractivity contribution in [2.24, 2.45) is 0 Å². The summed E-state index contributed by atoms with van der Waals surface area (Å²) in [5.74, 6) is 0. The summed E-state index contributed by atoms with van der Waals surface area (Å²) in [5.41, 5.74) is 2.56. The molecule has 3 aromatic rings. The third-order valence-electron chi connectivity index (χ3n) is 2.59. The van der Waals surface area contributed by atoms with Crippen molar-refractivity contribution in [1.82, 2.24) is 14.2 Å². The van der Waals surface area contributed by atoms with Crippen molar-refractivity contribution >= 4 is 22.6 Å². The Kier molecular flexibility index (Phi) is 2.16. The molecule has 0 N–H and O–H groups in total. The molecule has 0 bridgehead atoms. The van der Waals surface area contributed by atoms with Gasteiger partial charge in [0.05, 0.1) is 16.8 Å². The second-order valence-electron chi connectivity index (χ2n) is 3.65. The summed E-state index contributed by atoms with van der Waals surface area (Å²) in [6.45, 7) is 1.90. The van der Waals surface area contributed by atoms with E-state index in [0.29, 0.717) is 4.88 Å². The van der Waals surface area contributed by atoms with Crippen LogP contribution >= 0.6 is 11.5 Å². The largest absolute Gasteiger partial charge is 0.213 e. The Bertz CT molecular complexity index is 718. The highest BCUT2D eigenvalue weighted by molar-refractivity contribution is 7.07. The second kappa shape index (κ2) is 3.68. The minimum absolute atomic E-state index is 0.625. The molecule has 0 radical (unpaired) electrons. The van der Waals surface area contributed by atoms with E-state index in [0.717, 1.165) is 22.4 Å². The molecule has 82 valence electrons. The molecule has 1 aromatic carbocycles. The molecule has 0 unspecified atom stereocenters. The number of fused-ring (bicyclic) bond motifs is 1. The maximum atomic E-state index is 9.01. The third kappa shape index (κ3) is 1.42. The molecule has 0 saturated heterocycles. The normalized spacial score (nSPS) is 10.6. The lowest BCUT2D eigenvalue weighted by molar-refractivity contribution is 0.881. The van der Waals surface area contributed by atoms with Crippen LogP contribution in [0.4, 0.5) is 0 Å². The van der Waals surface area contributed by atoms with E-state index in [-0.39, 0.29) is 0 Å². The molecule has 2 aromatic heterocycles. The highest BCUT2D eigenvalue weighted by atomic mass is 32.1. The van der Waals surface area contributed by atoms with Gasteiger partial charge in [-0.15, -0.1) is 0 Å². The van der Waals surface area contributed by atoms with Crippen molar-refractivity contribution in [3.05, 3.63) is 40.9 Å². The lowest BCUT2D eigenvalue weighted by Crippen LogP contribution is -1.96. The first-order valence-electron chi connectivity index (χ1n) is 5.12. The van der Waals surface area contributed by atoms with Crippen LogP contribution in [0.5, 0.6) is 0 Å².